The lowest BCUT2D eigenvalue weighted by molar-refractivity contribution is 0.124. The summed E-state index contributed by atoms with van der Waals surface area (Å²) < 4.78 is 23.0. The topological polar surface area (TPSA) is 46.2 Å². The minimum atomic E-state index is -2.78. The quantitative estimate of drug-likeness (QED) is 0.743. The molecule has 16 heavy (non-hydrogen) atoms. The highest BCUT2D eigenvalue weighted by Crippen LogP contribution is 2.44. The Morgan fingerprint density at radius 1 is 1.31 bits per heavy atom. The van der Waals surface area contributed by atoms with Crippen molar-refractivity contribution in [1.29, 1.82) is 0 Å². The van der Waals surface area contributed by atoms with Crippen molar-refractivity contribution in [3.8, 4) is 0 Å². The number of sulfone groups is 1. The molecule has 2 saturated carbocycles. The van der Waals surface area contributed by atoms with Crippen LogP contribution in [0.2, 0.25) is 0 Å². The maximum Gasteiger partial charge on any atom is 0.150 e. The number of nitrogens with one attached hydrogen (secondary N) is 1. The van der Waals surface area contributed by atoms with E-state index in [1.165, 1.54) is 32.1 Å². The first-order valence-corrected chi connectivity index (χ1v) is 8.31. The van der Waals surface area contributed by atoms with E-state index in [0.29, 0.717) is 16.9 Å². The highest BCUT2D eigenvalue weighted by Gasteiger charge is 2.38. The van der Waals surface area contributed by atoms with Crippen LogP contribution in [-0.2, 0) is 9.84 Å². The van der Waals surface area contributed by atoms with E-state index >= 15 is 0 Å². The van der Waals surface area contributed by atoms with Crippen molar-refractivity contribution in [2.24, 2.45) is 5.41 Å². The van der Waals surface area contributed by atoms with Crippen LogP contribution in [0.3, 0.4) is 0 Å². The van der Waals surface area contributed by atoms with Crippen LogP contribution in [0.4, 0.5) is 0 Å². The largest absolute Gasteiger partial charge is 0.313 e. The first kappa shape index (κ1) is 12.4. The Kier molecular flexibility index (Phi) is 3.59. The fourth-order valence-electron chi connectivity index (χ4n) is 2.36. The Morgan fingerprint density at radius 3 is 2.44 bits per heavy atom. The molecule has 0 amide bonds. The number of hydrogen-bond donors (Lipinski definition) is 1. The smallest absolute Gasteiger partial charge is 0.150 e. The second-order valence-electron chi connectivity index (χ2n) is 5.50. The molecule has 0 aliphatic heterocycles. The molecule has 0 heterocycles. The normalized spacial score (nSPS) is 24.1. The summed E-state index contributed by atoms with van der Waals surface area (Å²) in [4.78, 5) is 0. The zero-order valence-corrected chi connectivity index (χ0v) is 11.0. The molecule has 0 radical (unpaired) electrons. The Labute approximate surface area is 98.9 Å². The molecule has 94 valence electrons. The molecule has 0 aromatic carbocycles. The molecule has 2 aliphatic rings. The predicted molar refractivity (Wildman–Crippen MR) is 66.3 cm³/mol. The van der Waals surface area contributed by atoms with Crippen molar-refractivity contribution >= 4 is 9.84 Å². The van der Waals surface area contributed by atoms with Gasteiger partial charge in [0.1, 0.15) is 9.84 Å². The van der Waals surface area contributed by atoms with Gasteiger partial charge in [-0.3, -0.25) is 0 Å². The molecule has 1 N–H and O–H groups in total. The SMILES string of the molecule is CCS(=O)(=O)CCC1(CNC2CC2)CCC1. The molecule has 0 aromatic rings. The molecule has 0 saturated heterocycles. The first-order valence-electron chi connectivity index (χ1n) is 6.49. The third-order valence-electron chi connectivity index (χ3n) is 4.14. The van der Waals surface area contributed by atoms with Gasteiger partial charge in [-0.2, -0.15) is 0 Å². The average Bonchev–Trinajstić information content (AvgIpc) is 2.99. The van der Waals surface area contributed by atoms with E-state index < -0.39 is 9.84 Å². The lowest BCUT2D eigenvalue weighted by atomic mass is 9.67. The standard InChI is InChI=1S/C12H23NO2S/c1-2-16(14,15)9-8-12(6-3-7-12)10-13-11-4-5-11/h11,13H,2-10H2,1H3. The van der Waals surface area contributed by atoms with Gasteiger partial charge in [0.2, 0.25) is 0 Å². The summed E-state index contributed by atoms with van der Waals surface area (Å²) in [6, 6.07) is 0.736. The first-order chi connectivity index (χ1) is 7.55. The third kappa shape index (κ3) is 3.20. The summed E-state index contributed by atoms with van der Waals surface area (Å²) in [6.07, 6.45) is 7.19. The minimum Gasteiger partial charge on any atom is -0.313 e. The van der Waals surface area contributed by atoms with Crippen LogP contribution in [0, 0.1) is 5.41 Å². The Hall–Kier alpha value is -0.0900. The minimum absolute atomic E-state index is 0.291. The van der Waals surface area contributed by atoms with E-state index in [2.05, 4.69) is 5.32 Å². The van der Waals surface area contributed by atoms with E-state index in [9.17, 15) is 8.42 Å². The zero-order valence-electron chi connectivity index (χ0n) is 10.2. The van der Waals surface area contributed by atoms with Crippen LogP contribution in [0.15, 0.2) is 0 Å². The van der Waals surface area contributed by atoms with Gasteiger partial charge in [-0.1, -0.05) is 13.3 Å². The maximum absolute atomic E-state index is 11.5. The molecule has 4 heteroatoms. The Morgan fingerprint density at radius 2 is 2.00 bits per heavy atom. The summed E-state index contributed by atoms with van der Waals surface area (Å²) in [5, 5.41) is 3.56. The summed E-state index contributed by atoms with van der Waals surface area (Å²) in [5.41, 5.74) is 0.310. The van der Waals surface area contributed by atoms with Gasteiger partial charge in [-0.15, -0.1) is 0 Å². The molecule has 0 atom stereocenters. The molecule has 2 fully saturated rings. The van der Waals surface area contributed by atoms with Gasteiger partial charge < -0.3 is 5.32 Å². The molecule has 0 unspecified atom stereocenters. The van der Waals surface area contributed by atoms with Crippen LogP contribution < -0.4 is 5.32 Å². The number of rotatable bonds is 7. The third-order valence-corrected chi connectivity index (χ3v) is 5.85. The lowest BCUT2D eigenvalue weighted by Crippen LogP contribution is -2.42. The molecule has 2 rings (SSSR count). The highest BCUT2D eigenvalue weighted by molar-refractivity contribution is 7.91. The molecule has 0 bridgehead atoms. The average molecular weight is 245 g/mol. The Bertz CT molecular complexity index is 329. The van der Waals surface area contributed by atoms with Gasteiger partial charge in [-0.25, -0.2) is 8.42 Å². The van der Waals surface area contributed by atoms with Crippen LogP contribution in [-0.4, -0.2) is 32.5 Å². The molecular formula is C12H23NO2S. The maximum atomic E-state index is 11.5. The van der Waals surface area contributed by atoms with Crippen molar-refractivity contribution in [1.82, 2.24) is 5.32 Å². The molecule has 3 nitrogen and oxygen atoms in total. The van der Waals surface area contributed by atoms with E-state index in [-0.39, 0.29) is 0 Å². The lowest BCUT2D eigenvalue weighted by Gasteiger charge is -2.42. The molecule has 2 aliphatic carbocycles. The van der Waals surface area contributed by atoms with E-state index in [1.807, 2.05) is 0 Å². The van der Waals surface area contributed by atoms with Gasteiger partial charge in [0.15, 0.2) is 0 Å². The summed E-state index contributed by atoms with van der Waals surface area (Å²) >= 11 is 0. The fraction of sp³-hybridized carbons (Fsp3) is 1.00. The van der Waals surface area contributed by atoms with Crippen LogP contribution in [0.25, 0.3) is 0 Å². The van der Waals surface area contributed by atoms with Gasteiger partial charge >= 0.3 is 0 Å². The van der Waals surface area contributed by atoms with Gasteiger partial charge in [0.05, 0.1) is 5.75 Å². The van der Waals surface area contributed by atoms with Gasteiger partial charge in [-0.05, 0) is 37.5 Å². The van der Waals surface area contributed by atoms with Crippen LogP contribution >= 0.6 is 0 Å². The highest BCUT2D eigenvalue weighted by atomic mass is 32.2. The Balaban J connectivity index is 1.79. The van der Waals surface area contributed by atoms with Crippen molar-refractivity contribution in [2.45, 2.75) is 51.5 Å². The second kappa shape index (κ2) is 4.65. The van der Waals surface area contributed by atoms with Gasteiger partial charge in [0.25, 0.3) is 0 Å². The molecule has 0 spiro atoms. The zero-order chi connectivity index (χ0) is 11.6. The second-order valence-corrected chi connectivity index (χ2v) is 7.97. The van der Waals surface area contributed by atoms with E-state index in [1.54, 1.807) is 6.92 Å². The summed E-state index contributed by atoms with van der Waals surface area (Å²) in [6.45, 7) is 2.78. The van der Waals surface area contributed by atoms with Crippen LogP contribution in [0.5, 0.6) is 0 Å². The van der Waals surface area contributed by atoms with Crippen molar-refractivity contribution < 1.29 is 8.42 Å². The van der Waals surface area contributed by atoms with Gasteiger partial charge in [0, 0.05) is 18.3 Å². The van der Waals surface area contributed by atoms with Crippen molar-refractivity contribution in [3.63, 3.8) is 0 Å². The van der Waals surface area contributed by atoms with Crippen molar-refractivity contribution in [3.05, 3.63) is 0 Å². The summed E-state index contributed by atoms with van der Waals surface area (Å²) in [5.74, 6) is 0.676. The van der Waals surface area contributed by atoms with Crippen LogP contribution in [0.1, 0.15) is 45.4 Å². The fourth-order valence-corrected chi connectivity index (χ4v) is 3.39. The van der Waals surface area contributed by atoms with E-state index in [4.69, 9.17) is 0 Å². The number of hydrogen-bond acceptors (Lipinski definition) is 3. The summed E-state index contributed by atoms with van der Waals surface area (Å²) in [7, 11) is -2.78. The molecular weight excluding hydrogens is 222 g/mol. The predicted octanol–water partition coefficient (Wildman–Crippen LogP) is 1.73. The molecule has 0 aromatic heterocycles. The van der Waals surface area contributed by atoms with E-state index in [0.717, 1.165) is 19.0 Å². The van der Waals surface area contributed by atoms with Crippen molar-refractivity contribution in [2.75, 3.05) is 18.1 Å². The monoisotopic (exact) mass is 245 g/mol.